The van der Waals surface area contributed by atoms with Crippen LogP contribution >= 0.6 is 0 Å². The third kappa shape index (κ3) is 4.51. The fraction of sp³-hybridized carbons (Fsp3) is 0.632. The lowest BCUT2D eigenvalue weighted by atomic mass is 10.1. The number of nitrogens with zero attached hydrogens (tertiary/aromatic N) is 4. The van der Waals surface area contributed by atoms with Crippen molar-refractivity contribution in [3.63, 3.8) is 0 Å². The van der Waals surface area contributed by atoms with Crippen LogP contribution in [0.3, 0.4) is 0 Å². The second kappa shape index (κ2) is 8.17. The highest BCUT2D eigenvalue weighted by Gasteiger charge is 2.23. The summed E-state index contributed by atoms with van der Waals surface area (Å²) in [6.45, 7) is 8.86. The van der Waals surface area contributed by atoms with Crippen LogP contribution in [0.15, 0.2) is 35.2 Å². The van der Waals surface area contributed by atoms with Gasteiger partial charge in [0.25, 0.3) is 0 Å². The molecule has 0 N–H and O–H groups in total. The van der Waals surface area contributed by atoms with Gasteiger partial charge in [-0.05, 0) is 38.1 Å². The number of fused-ring (bicyclic) bond motifs is 1. The Labute approximate surface area is 149 Å². The summed E-state index contributed by atoms with van der Waals surface area (Å²) >= 11 is 0. The molecule has 2 aromatic rings. The molecular weight excluding hydrogens is 316 g/mol. The lowest BCUT2D eigenvalue weighted by Crippen LogP contribution is -2.31. The average Bonchev–Trinajstić information content (AvgIpc) is 3.35. The largest absolute Gasteiger partial charge is 0.468 e. The van der Waals surface area contributed by atoms with Gasteiger partial charge in [-0.25, -0.2) is 4.98 Å². The van der Waals surface area contributed by atoms with Crippen molar-refractivity contribution in [3.8, 4) is 0 Å². The predicted octanol–water partition coefficient (Wildman–Crippen LogP) is 2.22. The number of imidazole rings is 1. The highest BCUT2D eigenvalue weighted by Crippen LogP contribution is 2.18. The van der Waals surface area contributed by atoms with Crippen molar-refractivity contribution in [1.29, 1.82) is 0 Å². The van der Waals surface area contributed by atoms with Crippen molar-refractivity contribution in [2.45, 2.75) is 32.5 Å². The summed E-state index contributed by atoms with van der Waals surface area (Å²) in [5.41, 5.74) is 0. The molecule has 1 fully saturated rings. The Morgan fingerprint density at radius 2 is 2.12 bits per heavy atom. The molecule has 0 radical (unpaired) electrons. The van der Waals surface area contributed by atoms with Gasteiger partial charge in [-0.1, -0.05) is 0 Å². The molecule has 0 spiro atoms. The minimum Gasteiger partial charge on any atom is -0.468 e. The van der Waals surface area contributed by atoms with Crippen molar-refractivity contribution in [2.75, 3.05) is 39.4 Å². The van der Waals surface area contributed by atoms with Crippen LogP contribution in [-0.2, 0) is 24.4 Å². The molecule has 1 atom stereocenters. The zero-order valence-corrected chi connectivity index (χ0v) is 14.8. The second-order valence-electron chi connectivity index (χ2n) is 7.23. The van der Waals surface area contributed by atoms with Crippen molar-refractivity contribution < 1.29 is 9.15 Å². The van der Waals surface area contributed by atoms with E-state index in [1.807, 2.05) is 18.3 Å². The molecule has 136 valence electrons. The quantitative estimate of drug-likeness (QED) is 0.721. The van der Waals surface area contributed by atoms with Gasteiger partial charge in [0.15, 0.2) is 0 Å². The Morgan fingerprint density at radius 1 is 1.20 bits per heavy atom. The van der Waals surface area contributed by atoms with Crippen molar-refractivity contribution >= 4 is 0 Å². The molecule has 2 aliphatic rings. The Bertz CT molecular complexity index is 634. The van der Waals surface area contributed by atoms with Crippen LogP contribution in [0.4, 0.5) is 0 Å². The maximum atomic E-state index is 6.04. The number of furan rings is 1. The van der Waals surface area contributed by atoms with Crippen molar-refractivity contribution in [3.05, 3.63) is 42.4 Å². The van der Waals surface area contributed by atoms with E-state index < -0.39 is 0 Å². The van der Waals surface area contributed by atoms with Crippen LogP contribution in [0.25, 0.3) is 0 Å². The van der Waals surface area contributed by atoms with Gasteiger partial charge in [0.2, 0.25) is 0 Å². The van der Waals surface area contributed by atoms with Gasteiger partial charge < -0.3 is 18.6 Å². The van der Waals surface area contributed by atoms with Crippen LogP contribution in [0.1, 0.15) is 24.4 Å². The van der Waals surface area contributed by atoms with Crippen LogP contribution in [0.5, 0.6) is 0 Å². The van der Waals surface area contributed by atoms with E-state index in [9.17, 15) is 0 Å². The van der Waals surface area contributed by atoms with Gasteiger partial charge in [0.05, 0.1) is 32.6 Å². The summed E-state index contributed by atoms with van der Waals surface area (Å²) in [7, 11) is 0. The van der Waals surface area contributed by atoms with Gasteiger partial charge in [-0.3, -0.25) is 4.90 Å². The first-order valence-corrected chi connectivity index (χ1v) is 9.41. The molecule has 6 heteroatoms. The fourth-order valence-electron chi connectivity index (χ4n) is 3.92. The Hall–Kier alpha value is -1.63. The topological polar surface area (TPSA) is 46.7 Å². The van der Waals surface area contributed by atoms with E-state index in [4.69, 9.17) is 9.15 Å². The molecule has 0 bridgehead atoms. The molecule has 6 nitrogen and oxygen atoms in total. The first-order chi connectivity index (χ1) is 12.4. The summed E-state index contributed by atoms with van der Waals surface area (Å²) in [6.07, 6.45) is 8.41. The summed E-state index contributed by atoms with van der Waals surface area (Å²) < 4.78 is 13.8. The van der Waals surface area contributed by atoms with Crippen LogP contribution in [0.2, 0.25) is 0 Å². The van der Waals surface area contributed by atoms with Gasteiger partial charge >= 0.3 is 0 Å². The summed E-state index contributed by atoms with van der Waals surface area (Å²) in [6, 6.07) is 3.99. The smallest absolute Gasteiger partial charge is 0.122 e. The monoisotopic (exact) mass is 344 g/mol. The lowest BCUT2D eigenvalue weighted by molar-refractivity contribution is 0.0637. The van der Waals surface area contributed by atoms with Crippen LogP contribution in [-0.4, -0.2) is 58.7 Å². The van der Waals surface area contributed by atoms with E-state index in [1.165, 1.54) is 25.9 Å². The fourth-order valence-corrected chi connectivity index (χ4v) is 3.92. The third-order valence-corrected chi connectivity index (χ3v) is 5.20. The molecule has 4 heterocycles. The number of hydrogen-bond donors (Lipinski definition) is 0. The Balaban J connectivity index is 1.32. The molecule has 4 rings (SSSR count). The zero-order chi connectivity index (χ0) is 16.9. The zero-order valence-electron chi connectivity index (χ0n) is 14.8. The highest BCUT2D eigenvalue weighted by molar-refractivity contribution is 5.00. The maximum absolute atomic E-state index is 6.04. The SMILES string of the molecule is c1coc(CN2Cc3nccn3C[C@H](COCCN3CCCC3)C2)c1. The molecule has 0 unspecified atom stereocenters. The highest BCUT2D eigenvalue weighted by atomic mass is 16.5. The average molecular weight is 344 g/mol. The maximum Gasteiger partial charge on any atom is 0.122 e. The van der Waals surface area contributed by atoms with E-state index >= 15 is 0 Å². The lowest BCUT2D eigenvalue weighted by Gasteiger charge is -2.23. The minimum atomic E-state index is 0.476. The van der Waals surface area contributed by atoms with E-state index in [-0.39, 0.29) is 0 Å². The number of aromatic nitrogens is 2. The van der Waals surface area contributed by atoms with Gasteiger partial charge in [0.1, 0.15) is 11.6 Å². The Morgan fingerprint density at radius 3 is 2.96 bits per heavy atom. The standard InChI is InChI=1S/C19H28N4O2/c1-2-7-21(6-1)9-11-24-16-17-12-22(14-18-4-3-10-25-18)15-19-20-5-8-23(19)13-17/h3-5,8,10,17H,1-2,6-7,9,11-16H2/t17-/m1/s1. The molecule has 25 heavy (non-hydrogen) atoms. The summed E-state index contributed by atoms with van der Waals surface area (Å²) in [5.74, 6) is 2.61. The Kier molecular flexibility index (Phi) is 5.49. The third-order valence-electron chi connectivity index (χ3n) is 5.20. The molecule has 2 aliphatic heterocycles. The molecule has 1 saturated heterocycles. The van der Waals surface area contributed by atoms with Gasteiger partial charge in [-0.15, -0.1) is 0 Å². The number of ether oxygens (including phenoxy) is 1. The number of rotatable bonds is 7. The minimum absolute atomic E-state index is 0.476. The first-order valence-electron chi connectivity index (χ1n) is 9.41. The molecular formula is C19H28N4O2. The van der Waals surface area contributed by atoms with Crippen molar-refractivity contribution in [1.82, 2.24) is 19.4 Å². The van der Waals surface area contributed by atoms with E-state index in [2.05, 4.69) is 25.5 Å². The number of hydrogen-bond acceptors (Lipinski definition) is 5. The molecule has 0 aromatic carbocycles. The number of likely N-dealkylation sites (tertiary alicyclic amines) is 1. The van der Waals surface area contributed by atoms with E-state index in [1.54, 1.807) is 6.26 Å². The molecule has 0 aliphatic carbocycles. The van der Waals surface area contributed by atoms with Crippen LogP contribution in [0, 0.1) is 5.92 Å². The van der Waals surface area contributed by atoms with E-state index in [0.717, 1.165) is 57.5 Å². The van der Waals surface area contributed by atoms with Gasteiger partial charge in [-0.2, -0.15) is 0 Å². The first kappa shape index (κ1) is 16.8. The summed E-state index contributed by atoms with van der Waals surface area (Å²) in [4.78, 5) is 9.44. The van der Waals surface area contributed by atoms with Crippen molar-refractivity contribution in [2.24, 2.45) is 5.92 Å². The van der Waals surface area contributed by atoms with Gasteiger partial charge in [0, 0.05) is 37.9 Å². The molecule has 0 saturated carbocycles. The molecule has 2 aromatic heterocycles. The normalized spacial score (nSPS) is 22.2. The second-order valence-corrected chi connectivity index (χ2v) is 7.23. The summed E-state index contributed by atoms with van der Waals surface area (Å²) in [5, 5.41) is 0. The molecule has 0 amide bonds. The van der Waals surface area contributed by atoms with E-state index in [0.29, 0.717) is 5.92 Å². The van der Waals surface area contributed by atoms with Crippen LogP contribution < -0.4 is 0 Å². The predicted molar refractivity (Wildman–Crippen MR) is 95.0 cm³/mol.